The summed E-state index contributed by atoms with van der Waals surface area (Å²) in [4.78, 5) is 24.0. The minimum atomic E-state index is -1.55. The third kappa shape index (κ3) is 11.3. The Hall–Kier alpha value is -3.07. The van der Waals surface area contributed by atoms with Gasteiger partial charge >= 0.3 is 0 Å². The summed E-state index contributed by atoms with van der Waals surface area (Å²) >= 11 is 0. The predicted molar refractivity (Wildman–Crippen MR) is 175 cm³/mol. The van der Waals surface area contributed by atoms with E-state index in [1.807, 2.05) is 39.0 Å². The maximum atomic E-state index is 12.3. The average molecular weight is 663 g/mol. The number of ether oxygens (including phenoxy) is 3. The third-order valence-corrected chi connectivity index (χ3v) is 8.70. The number of Topliss-reactive ketones (excluding diaryl/α,β-unsaturated/α-hetero) is 1. The number of aryl methyl sites for hydroxylation is 1. The number of rotatable bonds is 21. The van der Waals surface area contributed by atoms with E-state index in [1.54, 1.807) is 0 Å². The van der Waals surface area contributed by atoms with E-state index in [4.69, 9.17) is 25.7 Å². The second kappa shape index (κ2) is 19.1. The second-order valence-corrected chi connectivity index (χ2v) is 12.8. The highest BCUT2D eigenvalue weighted by atomic mass is 16.7. The summed E-state index contributed by atoms with van der Waals surface area (Å²) in [6.45, 7) is 6.58. The number of aromatic nitrogens is 2. The molecule has 0 spiro atoms. The van der Waals surface area contributed by atoms with Crippen molar-refractivity contribution in [1.29, 1.82) is 0 Å². The van der Waals surface area contributed by atoms with E-state index in [2.05, 4.69) is 10.2 Å². The van der Waals surface area contributed by atoms with E-state index in [0.29, 0.717) is 32.4 Å². The lowest BCUT2D eigenvalue weighted by Gasteiger charge is -2.39. The largest absolute Gasteiger partial charge is 0.494 e. The number of carbonyl (C=O) groups excluding carboxylic acids is 2. The van der Waals surface area contributed by atoms with Crippen molar-refractivity contribution in [3.8, 4) is 11.6 Å². The number of H-pyrrole nitrogens is 1. The average Bonchev–Trinajstić information content (AvgIpc) is 3.43. The van der Waals surface area contributed by atoms with Gasteiger partial charge in [-0.2, -0.15) is 0 Å². The molecule has 2 aromatic rings. The van der Waals surface area contributed by atoms with Crippen LogP contribution in [0.5, 0.6) is 11.6 Å². The zero-order valence-electron chi connectivity index (χ0n) is 27.9. The summed E-state index contributed by atoms with van der Waals surface area (Å²) in [5.74, 6) is 0.308. The van der Waals surface area contributed by atoms with Crippen molar-refractivity contribution in [3.63, 3.8) is 0 Å². The van der Waals surface area contributed by atoms with E-state index in [0.717, 1.165) is 66.7 Å². The molecule has 1 aliphatic heterocycles. The lowest BCUT2D eigenvalue weighted by atomic mass is 9.93. The number of primary amides is 1. The van der Waals surface area contributed by atoms with Gasteiger partial charge in [0.05, 0.1) is 13.2 Å². The Bertz CT molecular complexity index is 1270. The van der Waals surface area contributed by atoms with Crippen molar-refractivity contribution >= 4 is 11.7 Å². The monoisotopic (exact) mass is 662 g/mol. The molecule has 47 heavy (non-hydrogen) atoms. The number of hydrogen-bond donors (Lipinski definition) is 7. The topological polar surface area (TPSA) is 223 Å². The van der Waals surface area contributed by atoms with Gasteiger partial charge in [0.1, 0.15) is 35.9 Å². The fourth-order valence-corrected chi connectivity index (χ4v) is 5.75. The van der Waals surface area contributed by atoms with Crippen molar-refractivity contribution < 1.29 is 44.2 Å². The van der Waals surface area contributed by atoms with Crippen LogP contribution in [0.25, 0.3) is 0 Å². The van der Waals surface area contributed by atoms with Gasteiger partial charge in [-0.15, -0.1) is 5.10 Å². The Labute approximate surface area is 277 Å². The van der Waals surface area contributed by atoms with Gasteiger partial charge in [-0.05, 0) is 68.3 Å². The molecule has 1 amide bonds. The van der Waals surface area contributed by atoms with Crippen LogP contribution in [0.1, 0.15) is 99.9 Å². The number of aliphatic hydroxyl groups is 4. The number of nitrogens with two attached hydrogens (primary N) is 2. The number of amides is 1. The molecule has 13 nitrogen and oxygen atoms in total. The molecule has 13 heteroatoms. The molecule has 2 heterocycles. The van der Waals surface area contributed by atoms with E-state index in [-0.39, 0.29) is 24.0 Å². The van der Waals surface area contributed by atoms with Crippen molar-refractivity contribution in [1.82, 2.24) is 10.2 Å². The number of benzene rings is 1. The molecule has 6 atom stereocenters. The highest BCUT2D eigenvalue weighted by molar-refractivity contribution is 5.85. The van der Waals surface area contributed by atoms with Crippen LogP contribution in [0, 0.1) is 12.8 Å². The SMILES string of the molecule is Cc1cc(OCCCCCCC(=O)C[C@@H](CCCCN)C(N)=O)ccc1Cc1c(O[C@@H]2O[C@H](CO)[C@@H](O)[C@H](O)[C@H]2O)n[nH]c1C(C)C. The Morgan fingerprint density at radius 1 is 1.04 bits per heavy atom. The number of carbonyl (C=O) groups is 2. The van der Waals surface area contributed by atoms with Crippen LogP contribution in [-0.2, 0) is 20.7 Å². The fourth-order valence-electron chi connectivity index (χ4n) is 5.75. The summed E-state index contributed by atoms with van der Waals surface area (Å²) in [7, 11) is 0. The Balaban J connectivity index is 1.48. The van der Waals surface area contributed by atoms with Gasteiger partial charge in [0.2, 0.25) is 18.1 Å². The van der Waals surface area contributed by atoms with Crippen molar-refractivity contribution in [3.05, 3.63) is 40.6 Å². The molecule has 0 bridgehead atoms. The maximum Gasteiger partial charge on any atom is 0.238 e. The fraction of sp³-hybridized carbons (Fsp3) is 0.676. The van der Waals surface area contributed by atoms with Gasteiger partial charge in [-0.1, -0.05) is 39.2 Å². The van der Waals surface area contributed by atoms with Gasteiger partial charge in [0.25, 0.3) is 0 Å². The molecule has 3 rings (SSSR count). The Morgan fingerprint density at radius 2 is 1.79 bits per heavy atom. The first-order valence-electron chi connectivity index (χ1n) is 16.7. The summed E-state index contributed by atoms with van der Waals surface area (Å²) in [6, 6.07) is 5.88. The molecule has 0 unspecified atom stereocenters. The van der Waals surface area contributed by atoms with E-state index >= 15 is 0 Å². The van der Waals surface area contributed by atoms with E-state index in [9.17, 15) is 30.0 Å². The quantitative estimate of drug-likeness (QED) is 0.0959. The highest BCUT2D eigenvalue weighted by Crippen LogP contribution is 2.32. The van der Waals surface area contributed by atoms with E-state index < -0.39 is 49.1 Å². The van der Waals surface area contributed by atoms with Gasteiger partial charge in [0, 0.05) is 36.4 Å². The van der Waals surface area contributed by atoms with Gasteiger partial charge in [0.15, 0.2) is 0 Å². The van der Waals surface area contributed by atoms with Crippen LogP contribution < -0.4 is 20.9 Å². The first-order valence-corrected chi connectivity index (χ1v) is 16.7. The van der Waals surface area contributed by atoms with Gasteiger partial charge < -0.3 is 46.1 Å². The van der Waals surface area contributed by atoms with Crippen molar-refractivity contribution in [2.24, 2.45) is 17.4 Å². The van der Waals surface area contributed by atoms with Crippen LogP contribution in [0.15, 0.2) is 18.2 Å². The molecule has 1 aromatic heterocycles. The summed E-state index contributed by atoms with van der Waals surface area (Å²) in [5, 5.41) is 47.6. The molecule has 0 aliphatic carbocycles. The first-order chi connectivity index (χ1) is 22.5. The molecule has 9 N–H and O–H groups in total. The normalized spacial score (nSPS) is 21.9. The van der Waals surface area contributed by atoms with Crippen LogP contribution in [0.2, 0.25) is 0 Å². The zero-order chi connectivity index (χ0) is 34.5. The van der Waals surface area contributed by atoms with Gasteiger partial charge in [-0.25, -0.2) is 0 Å². The number of aliphatic hydroxyl groups excluding tert-OH is 4. The molecule has 0 saturated carbocycles. The molecule has 0 radical (unpaired) electrons. The molecule has 1 aliphatic rings. The number of nitrogens with zero attached hydrogens (tertiary/aromatic N) is 1. The molecular weight excluding hydrogens is 608 g/mol. The van der Waals surface area contributed by atoms with E-state index in [1.165, 1.54) is 0 Å². The standard InChI is InChI=1S/C34H54N4O9/c1-20(2)28-26(33(38-37-28)47-34-31(43)30(42)29(41)27(19-39)46-34)18-22-12-13-25(16-21(22)3)45-15-9-5-4-6-11-24(40)17-23(32(36)44)10-7-8-14-35/h12-13,16,20,23,27,29-31,34,39,41-43H,4-11,14-15,17-19,35H2,1-3H3,(H2,36,44)(H,37,38)/t23-,27-,29-,30+,31-,34+/m1/s1. The van der Waals surface area contributed by atoms with Crippen LogP contribution in [0.4, 0.5) is 0 Å². The summed E-state index contributed by atoms with van der Waals surface area (Å²) in [6.07, 6.45) is -0.193. The number of unbranched alkanes of at least 4 members (excludes halogenated alkanes) is 4. The number of aromatic amines is 1. The summed E-state index contributed by atoms with van der Waals surface area (Å²) < 4.78 is 17.4. The summed E-state index contributed by atoms with van der Waals surface area (Å²) in [5.41, 5.74) is 14.6. The smallest absolute Gasteiger partial charge is 0.238 e. The molecule has 264 valence electrons. The minimum Gasteiger partial charge on any atom is -0.494 e. The number of hydrogen-bond acceptors (Lipinski definition) is 11. The Kier molecular flexibility index (Phi) is 15.6. The maximum absolute atomic E-state index is 12.3. The lowest BCUT2D eigenvalue weighted by molar-refractivity contribution is -0.278. The number of ketones is 1. The van der Waals surface area contributed by atoms with Crippen LogP contribution in [0.3, 0.4) is 0 Å². The Morgan fingerprint density at radius 3 is 2.45 bits per heavy atom. The van der Waals surface area contributed by atoms with Crippen molar-refractivity contribution in [2.45, 2.75) is 122 Å². The number of nitrogens with one attached hydrogen (secondary N) is 1. The third-order valence-electron chi connectivity index (χ3n) is 8.70. The first kappa shape index (κ1) is 38.4. The molecule has 1 fully saturated rings. The predicted octanol–water partition coefficient (Wildman–Crippen LogP) is 2.13. The van der Waals surface area contributed by atoms with Crippen LogP contribution in [-0.4, -0.2) is 92.8 Å². The van der Waals surface area contributed by atoms with Crippen LogP contribution >= 0.6 is 0 Å². The lowest BCUT2D eigenvalue weighted by Crippen LogP contribution is -2.60. The highest BCUT2D eigenvalue weighted by Gasteiger charge is 2.45. The van der Waals surface area contributed by atoms with Crippen molar-refractivity contribution in [2.75, 3.05) is 19.8 Å². The molecular formula is C34H54N4O9. The molecule has 1 aromatic carbocycles. The molecule has 1 saturated heterocycles. The van der Waals surface area contributed by atoms with Gasteiger partial charge in [-0.3, -0.25) is 14.7 Å². The minimum absolute atomic E-state index is 0.0804. The zero-order valence-corrected chi connectivity index (χ0v) is 27.9. The second-order valence-electron chi connectivity index (χ2n) is 12.8.